The lowest BCUT2D eigenvalue weighted by Crippen LogP contribution is -2.45. The van der Waals surface area contributed by atoms with Crippen molar-refractivity contribution in [1.82, 2.24) is 4.90 Å². The van der Waals surface area contributed by atoms with Crippen molar-refractivity contribution in [3.05, 3.63) is 106 Å². The summed E-state index contributed by atoms with van der Waals surface area (Å²) in [5, 5.41) is 11.2. The average molecular weight is 447 g/mol. The van der Waals surface area contributed by atoms with Crippen molar-refractivity contribution in [2.24, 2.45) is 0 Å². The quantitative estimate of drug-likeness (QED) is 0.326. The smallest absolute Gasteiger partial charge is 0.270 e. The van der Waals surface area contributed by atoms with Crippen LogP contribution >= 0.6 is 0 Å². The predicted octanol–water partition coefficient (Wildman–Crippen LogP) is 3.71. The lowest BCUT2D eigenvalue weighted by molar-refractivity contribution is -0.384. The van der Waals surface area contributed by atoms with E-state index in [-0.39, 0.29) is 29.9 Å². The maximum absolute atomic E-state index is 13.4. The van der Waals surface area contributed by atoms with E-state index >= 15 is 0 Å². The normalized spacial score (nSPS) is 15.5. The fourth-order valence-corrected chi connectivity index (χ4v) is 3.74. The zero-order valence-electron chi connectivity index (χ0n) is 17.3. The second kappa shape index (κ2) is 8.99. The van der Waals surface area contributed by atoms with Crippen LogP contribution in [0.1, 0.15) is 22.3 Å². The third kappa shape index (κ3) is 4.47. The van der Waals surface area contributed by atoms with Gasteiger partial charge in [-0.15, -0.1) is 0 Å². The minimum absolute atomic E-state index is 0.0172. The minimum Gasteiger partial charge on any atom is -0.322 e. The Hall–Kier alpha value is -4.40. The summed E-state index contributed by atoms with van der Waals surface area (Å²) in [6, 6.07) is 17.9. The van der Waals surface area contributed by atoms with E-state index in [4.69, 9.17) is 0 Å². The highest BCUT2D eigenvalue weighted by molar-refractivity contribution is 6.23. The molecule has 166 valence electrons. The molecule has 0 bridgehead atoms. The molecule has 0 N–H and O–H groups in total. The summed E-state index contributed by atoms with van der Waals surface area (Å²) in [6.45, 7) is 0.0172. The number of halogens is 1. The van der Waals surface area contributed by atoms with E-state index in [1.807, 2.05) is 0 Å². The first-order valence-corrected chi connectivity index (χ1v) is 10.1. The molecular formula is C24H18FN3O5. The number of hydrogen-bond acceptors (Lipinski definition) is 5. The summed E-state index contributed by atoms with van der Waals surface area (Å²) in [5.74, 6) is -2.28. The van der Waals surface area contributed by atoms with Gasteiger partial charge in [0.1, 0.15) is 11.9 Å². The largest absolute Gasteiger partial charge is 0.322 e. The van der Waals surface area contributed by atoms with Gasteiger partial charge in [-0.05, 0) is 35.9 Å². The Morgan fingerprint density at radius 1 is 1.03 bits per heavy atom. The van der Waals surface area contributed by atoms with Crippen molar-refractivity contribution >= 4 is 29.1 Å². The lowest BCUT2D eigenvalue weighted by atomic mass is 10.1. The van der Waals surface area contributed by atoms with Crippen molar-refractivity contribution in [2.45, 2.75) is 19.0 Å². The Kier molecular flexibility index (Phi) is 5.95. The van der Waals surface area contributed by atoms with Gasteiger partial charge in [-0.25, -0.2) is 9.29 Å². The number of carbonyl (C=O) groups excluding carboxylic acids is 3. The van der Waals surface area contributed by atoms with Crippen LogP contribution < -0.4 is 4.90 Å². The number of nitro benzene ring substituents is 1. The standard InChI is InChI=1S/C24H18FN3O5/c25-18-9-11-19(12-10-18)27-22(29)14-21(24(27)31)26(15-16-5-2-1-3-6-16)23(30)17-7-4-8-20(13-17)28(32)33/h1-13,21H,14-15H2. The van der Waals surface area contributed by atoms with Crippen LogP contribution in [-0.2, 0) is 16.1 Å². The molecular weight excluding hydrogens is 429 g/mol. The van der Waals surface area contributed by atoms with Crippen LogP contribution in [0.4, 0.5) is 15.8 Å². The molecule has 3 aromatic rings. The first kappa shape index (κ1) is 21.8. The number of rotatable bonds is 6. The SMILES string of the molecule is O=C1CC(N(Cc2ccccc2)C(=O)c2cccc([N+](=O)[O-])c2)C(=O)N1c1ccc(F)cc1. The summed E-state index contributed by atoms with van der Waals surface area (Å²) in [6.07, 6.45) is -0.260. The van der Waals surface area contributed by atoms with E-state index in [1.54, 1.807) is 30.3 Å². The highest BCUT2D eigenvalue weighted by Gasteiger charge is 2.44. The Balaban J connectivity index is 1.70. The monoisotopic (exact) mass is 447 g/mol. The van der Waals surface area contributed by atoms with Crippen molar-refractivity contribution in [3.63, 3.8) is 0 Å². The molecule has 9 heteroatoms. The number of nitro groups is 1. The molecule has 0 saturated carbocycles. The van der Waals surface area contributed by atoms with Gasteiger partial charge in [0.2, 0.25) is 5.91 Å². The minimum atomic E-state index is -1.12. The molecule has 8 nitrogen and oxygen atoms in total. The number of amides is 3. The molecule has 0 aromatic heterocycles. The first-order chi connectivity index (χ1) is 15.8. The maximum Gasteiger partial charge on any atom is 0.270 e. The molecule has 1 heterocycles. The molecule has 1 aliphatic rings. The second-order valence-electron chi connectivity index (χ2n) is 7.49. The molecule has 3 amide bonds. The number of imide groups is 1. The fourth-order valence-electron chi connectivity index (χ4n) is 3.74. The van der Waals surface area contributed by atoms with Gasteiger partial charge in [0, 0.05) is 24.2 Å². The van der Waals surface area contributed by atoms with Crippen LogP contribution in [0, 0.1) is 15.9 Å². The number of nitrogens with zero attached hydrogens (tertiary/aromatic N) is 3. The van der Waals surface area contributed by atoms with Crippen LogP contribution in [-0.4, -0.2) is 33.6 Å². The molecule has 0 aliphatic carbocycles. The summed E-state index contributed by atoms with van der Waals surface area (Å²) in [7, 11) is 0. The predicted molar refractivity (Wildman–Crippen MR) is 117 cm³/mol. The van der Waals surface area contributed by atoms with Crippen molar-refractivity contribution in [3.8, 4) is 0 Å². The lowest BCUT2D eigenvalue weighted by Gasteiger charge is -2.28. The number of benzene rings is 3. The van der Waals surface area contributed by atoms with Crippen LogP contribution in [0.5, 0.6) is 0 Å². The van der Waals surface area contributed by atoms with E-state index in [2.05, 4.69) is 0 Å². The third-order valence-electron chi connectivity index (χ3n) is 5.34. The summed E-state index contributed by atoms with van der Waals surface area (Å²) in [4.78, 5) is 52.1. The van der Waals surface area contributed by atoms with Gasteiger partial charge in [0.25, 0.3) is 17.5 Å². The number of hydrogen-bond donors (Lipinski definition) is 0. The van der Waals surface area contributed by atoms with E-state index in [0.29, 0.717) is 0 Å². The molecule has 1 unspecified atom stereocenters. The summed E-state index contributed by atoms with van der Waals surface area (Å²) < 4.78 is 13.3. The first-order valence-electron chi connectivity index (χ1n) is 10.1. The zero-order chi connectivity index (χ0) is 23.5. The van der Waals surface area contributed by atoms with Crippen molar-refractivity contribution in [2.75, 3.05) is 4.90 Å². The topological polar surface area (TPSA) is 101 Å². The zero-order valence-corrected chi connectivity index (χ0v) is 17.3. The van der Waals surface area contributed by atoms with Gasteiger partial charge < -0.3 is 4.90 Å². The fraction of sp³-hybridized carbons (Fsp3) is 0.125. The molecule has 1 aliphatic heterocycles. The van der Waals surface area contributed by atoms with Crippen LogP contribution in [0.25, 0.3) is 0 Å². The van der Waals surface area contributed by atoms with Gasteiger partial charge in [-0.1, -0.05) is 36.4 Å². The van der Waals surface area contributed by atoms with E-state index in [1.165, 1.54) is 35.2 Å². The van der Waals surface area contributed by atoms with E-state index in [0.717, 1.165) is 28.7 Å². The van der Waals surface area contributed by atoms with Gasteiger partial charge in [-0.3, -0.25) is 24.5 Å². The molecule has 1 saturated heterocycles. The number of carbonyl (C=O) groups is 3. The molecule has 0 radical (unpaired) electrons. The molecule has 1 atom stereocenters. The van der Waals surface area contributed by atoms with Gasteiger partial charge in [0.05, 0.1) is 17.0 Å². The van der Waals surface area contributed by atoms with Crippen LogP contribution in [0.3, 0.4) is 0 Å². The Labute approximate surface area is 188 Å². The van der Waals surface area contributed by atoms with Gasteiger partial charge >= 0.3 is 0 Å². The second-order valence-corrected chi connectivity index (χ2v) is 7.49. The van der Waals surface area contributed by atoms with Crippen LogP contribution in [0.2, 0.25) is 0 Å². The number of anilines is 1. The molecule has 1 fully saturated rings. The third-order valence-corrected chi connectivity index (χ3v) is 5.34. The Morgan fingerprint density at radius 2 is 1.73 bits per heavy atom. The highest BCUT2D eigenvalue weighted by atomic mass is 19.1. The van der Waals surface area contributed by atoms with Crippen molar-refractivity contribution in [1.29, 1.82) is 0 Å². The molecule has 33 heavy (non-hydrogen) atoms. The number of non-ortho nitro benzene ring substituents is 1. The van der Waals surface area contributed by atoms with Gasteiger partial charge in [0.15, 0.2) is 0 Å². The average Bonchev–Trinajstić information content (AvgIpc) is 3.12. The summed E-state index contributed by atoms with van der Waals surface area (Å²) >= 11 is 0. The maximum atomic E-state index is 13.4. The summed E-state index contributed by atoms with van der Waals surface area (Å²) in [5.41, 5.74) is 0.691. The highest BCUT2D eigenvalue weighted by Crippen LogP contribution is 2.28. The Bertz CT molecular complexity index is 1230. The molecule has 3 aromatic carbocycles. The van der Waals surface area contributed by atoms with Gasteiger partial charge in [-0.2, -0.15) is 0 Å². The van der Waals surface area contributed by atoms with E-state index in [9.17, 15) is 28.9 Å². The molecule has 0 spiro atoms. The van der Waals surface area contributed by atoms with Crippen molar-refractivity contribution < 1.29 is 23.7 Å². The molecule has 4 rings (SSSR count). The Morgan fingerprint density at radius 3 is 2.39 bits per heavy atom. The van der Waals surface area contributed by atoms with Crippen LogP contribution in [0.15, 0.2) is 78.9 Å². The van der Waals surface area contributed by atoms with E-state index < -0.39 is 34.5 Å².